The van der Waals surface area contributed by atoms with Crippen LogP contribution in [0.15, 0.2) is 35.2 Å². The molecule has 114 valence electrons. The van der Waals surface area contributed by atoms with E-state index in [4.69, 9.17) is 4.74 Å². The van der Waals surface area contributed by atoms with Crippen LogP contribution in [0, 0.1) is 0 Å². The molecule has 2 N–H and O–H groups in total. The van der Waals surface area contributed by atoms with E-state index in [1.54, 1.807) is 6.92 Å². The summed E-state index contributed by atoms with van der Waals surface area (Å²) in [6, 6.07) is 6.11. The summed E-state index contributed by atoms with van der Waals surface area (Å²) in [7, 11) is 0. The highest BCUT2D eigenvalue weighted by Gasteiger charge is 2.25. The SMILES string of the molecule is CCOC(=O)c1ccc(NC(=O)/C=C2\SC(=O)NC2=O)cc1. The van der Waals surface area contributed by atoms with Crippen molar-refractivity contribution in [2.45, 2.75) is 6.92 Å². The Morgan fingerprint density at radius 2 is 1.95 bits per heavy atom. The number of esters is 1. The Labute approximate surface area is 130 Å². The summed E-state index contributed by atoms with van der Waals surface area (Å²) in [5.74, 6) is -1.58. The van der Waals surface area contributed by atoms with E-state index in [9.17, 15) is 19.2 Å². The minimum Gasteiger partial charge on any atom is -0.462 e. The topological polar surface area (TPSA) is 102 Å². The molecule has 0 radical (unpaired) electrons. The van der Waals surface area contributed by atoms with Gasteiger partial charge in [0.05, 0.1) is 17.1 Å². The third kappa shape index (κ3) is 3.95. The van der Waals surface area contributed by atoms with Gasteiger partial charge in [-0.3, -0.25) is 19.7 Å². The van der Waals surface area contributed by atoms with Gasteiger partial charge in [-0.2, -0.15) is 0 Å². The Morgan fingerprint density at radius 3 is 2.50 bits per heavy atom. The molecule has 0 spiro atoms. The number of hydrogen-bond acceptors (Lipinski definition) is 6. The Kier molecular flexibility index (Phi) is 4.95. The second-order valence-corrected chi connectivity index (χ2v) is 5.15. The first-order valence-electron chi connectivity index (χ1n) is 6.32. The molecule has 3 amide bonds. The summed E-state index contributed by atoms with van der Waals surface area (Å²) in [4.78, 5) is 45.5. The number of amides is 3. The minimum absolute atomic E-state index is 0.0330. The Hall–Kier alpha value is -2.61. The van der Waals surface area contributed by atoms with E-state index in [0.29, 0.717) is 23.0 Å². The molecular formula is C14H12N2O5S. The van der Waals surface area contributed by atoms with Crippen LogP contribution in [0.3, 0.4) is 0 Å². The average Bonchev–Trinajstić information content (AvgIpc) is 2.77. The van der Waals surface area contributed by atoms with Crippen molar-refractivity contribution < 1.29 is 23.9 Å². The van der Waals surface area contributed by atoms with Crippen LogP contribution < -0.4 is 10.6 Å². The van der Waals surface area contributed by atoms with E-state index < -0.39 is 23.0 Å². The number of carbonyl (C=O) groups excluding carboxylic acids is 4. The maximum Gasteiger partial charge on any atom is 0.338 e. The van der Waals surface area contributed by atoms with Crippen LogP contribution in [0.4, 0.5) is 10.5 Å². The van der Waals surface area contributed by atoms with E-state index >= 15 is 0 Å². The lowest BCUT2D eigenvalue weighted by Gasteiger charge is -2.04. The van der Waals surface area contributed by atoms with Gasteiger partial charge >= 0.3 is 5.97 Å². The molecule has 8 heteroatoms. The molecule has 0 unspecified atom stereocenters. The molecule has 7 nitrogen and oxygen atoms in total. The lowest BCUT2D eigenvalue weighted by molar-refractivity contribution is -0.116. The van der Waals surface area contributed by atoms with E-state index in [2.05, 4.69) is 10.6 Å². The highest BCUT2D eigenvalue weighted by molar-refractivity contribution is 8.18. The van der Waals surface area contributed by atoms with E-state index in [1.165, 1.54) is 24.3 Å². The Morgan fingerprint density at radius 1 is 1.27 bits per heavy atom. The molecule has 1 aromatic rings. The number of hydrogen-bond donors (Lipinski definition) is 2. The predicted molar refractivity (Wildman–Crippen MR) is 80.2 cm³/mol. The number of nitrogens with one attached hydrogen (secondary N) is 2. The van der Waals surface area contributed by atoms with Gasteiger partial charge in [0.25, 0.3) is 11.1 Å². The maximum atomic E-state index is 11.8. The van der Waals surface area contributed by atoms with Crippen molar-refractivity contribution in [3.63, 3.8) is 0 Å². The minimum atomic E-state index is -0.595. The molecule has 0 bridgehead atoms. The molecule has 1 heterocycles. The van der Waals surface area contributed by atoms with Crippen molar-refractivity contribution >= 4 is 40.5 Å². The van der Waals surface area contributed by atoms with Crippen molar-refractivity contribution in [3.05, 3.63) is 40.8 Å². The number of carbonyl (C=O) groups is 4. The summed E-state index contributed by atoms with van der Waals surface area (Å²) >= 11 is 0.664. The van der Waals surface area contributed by atoms with Crippen LogP contribution >= 0.6 is 11.8 Å². The fraction of sp³-hybridized carbons (Fsp3) is 0.143. The molecule has 0 atom stereocenters. The highest BCUT2D eigenvalue weighted by Crippen LogP contribution is 2.22. The maximum absolute atomic E-state index is 11.8. The Balaban J connectivity index is 2.00. The van der Waals surface area contributed by atoms with Gasteiger partial charge in [0.15, 0.2) is 0 Å². The van der Waals surface area contributed by atoms with Crippen LogP contribution in [0.5, 0.6) is 0 Å². The van der Waals surface area contributed by atoms with Crippen molar-refractivity contribution in [2.75, 3.05) is 11.9 Å². The highest BCUT2D eigenvalue weighted by atomic mass is 32.2. The molecule has 1 saturated heterocycles. The first kappa shape index (κ1) is 15.8. The monoisotopic (exact) mass is 320 g/mol. The first-order valence-corrected chi connectivity index (χ1v) is 7.14. The van der Waals surface area contributed by atoms with E-state index in [1.807, 2.05) is 0 Å². The molecule has 1 aliphatic heterocycles. The van der Waals surface area contributed by atoms with Crippen molar-refractivity contribution in [2.24, 2.45) is 0 Å². The lowest BCUT2D eigenvalue weighted by atomic mass is 10.2. The van der Waals surface area contributed by atoms with Crippen LogP contribution in [0.25, 0.3) is 0 Å². The van der Waals surface area contributed by atoms with Gasteiger partial charge < -0.3 is 10.1 Å². The molecule has 0 saturated carbocycles. The van der Waals surface area contributed by atoms with Crippen LogP contribution in [-0.2, 0) is 14.3 Å². The second-order valence-electron chi connectivity index (χ2n) is 4.14. The lowest BCUT2D eigenvalue weighted by Crippen LogP contribution is -2.18. The summed E-state index contributed by atoms with van der Waals surface area (Å²) in [5, 5.41) is 4.07. The van der Waals surface area contributed by atoms with Gasteiger partial charge in [-0.25, -0.2) is 4.79 Å². The standard InChI is InChI=1S/C14H12N2O5S/c1-2-21-13(19)8-3-5-9(6-4-8)15-11(17)7-10-12(18)16-14(20)22-10/h3-7H,2H2,1H3,(H,15,17)(H,16,18,20)/b10-7-. The third-order valence-corrected chi connectivity index (χ3v) is 3.38. The number of imide groups is 1. The van der Waals surface area contributed by atoms with Gasteiger partial charge in [-0.1, -0.05) is 0 Å². The van der Waals surface area contributed by atoms with E-state index in [-0.39, 0.29) is 11.5 Å². The quantitative estimate of drug-likeness (QED) is 0.646. The number of thioether (sulfide) groups is 1. The molecule has 22 heavy (non-hydrogen) atoms. The fourth-order valence-corrected chi connectivity index (χ4v) is 2.28. The van der Waals surface area contributed by atoms with Crippen LogP contribution in [0.1, 0.15) is 17.3 Å². The van der Waals surface area contributed by atoms with Gasteiger partial charge in [-0.15, -0.1) is 0 Å². The largest absolute Gasteiger partial charge is 0.462 e. The van der Waals surface area contributed by atoms with Gasteiger partial charge in [0.2, 0.25) is 5.91 Å². The zero-order valence-corrected chi connectivity index (χ0v) is 12.4. The molecule has 1 fully saturated rings. The second kappa shape index (κ2) is 6.90. The molecule has 0 aromatic heterocycles. The molecule has 2 rings (SSSR count). The predicted octanol–water partition coefficient (Wildman–Crippen LogP) is 1.67. The molecule has 1 aliphatic rings. The van der Waals surface area contributed by atoms with Crippen molar-refractivity contribution in [3.8, 4) is 0 Å². The fourth-order valence-electron chi connectivity index (χ4n) is 1.62. The zero-order chi connectivity index (χ0) is 16.1. The first-order chi connectivity index (χ1) is 10.5. The van der Waals surface area contributed by atoms with Gasteiger partial charge in [-0.05, 0) is 43.0 Å². The normalized spacial score (nSPS) is 15.6. The summed E-state index contributed by atoms with van der Waals surface area (Å²) in [6.07, 6.45) is 1.05. The van der Waals surface area contributed by atoms with E-state index in [0.717, 1.165) is 6.08 Å². The van der Waals surface area contributed by atoms with Crippen LogP contribution in [0.2, 0.25) is 0 Å². The Bertz CT molecular complexity index is 666. The van der Waals surface area contributed by atoms with Crippen molar-refractivity contribution in [1.82, 2.24) is 5.32 Å². The van der Waals surface area contributed by atoms with Crippen molar-refractivity contribution in [1.29, 1.82) is 0 Å². The summed E-state index contributed by atoms with van der Waals surface area (Å²) in [5.41, 5.74) is 0.819. The molecule has 1 aromatic carbocycles. The third-order valence-electron chi connectivity index (χ3n) is 2.57. The zero-order valence-electron chi connectivity index (χ0n) is 11.5. The molecular weight excluding hydrogens is 308 g/mol. The smallest absolute Gasteiger partial charge is 0.338 e. The number of rotatable bonds is 4. The van der Waals surface area contributed by atoms with Crippen LogP contribution in [-0.4, -0.2) is 29.6 Å². The average molecular weight is 320 g/mol. The summed E-state index contributed by atoms with van der Waals surface area (Å²) in [6.45, 7) is 1.99. The molecule has 0 aliphatic carbocycles. The number of benzene rings is 1. The van der Waals surface area contributed by atoms with Gasteiger partial charge in [0.1, 0.15) is 0 Å². The number of ether oxygens (including phenoxy) is 1. The summed E-state index contributed by atoms with van der Waals surface area (Å²) < 4.78 is 4.84. The van der Waals surface area contributed by atoms with Gasteiger partial charge in [0, 0.05) is 11.8 Å². The number of anilines is 1.